The molecule has 19 heavy (non-hydrogen) atoms. The molecule has 0 unspecified atom stereocenters. The number of hydrogen-bond donors (Lipinski definition) is 1. The number of nitrogens with one attached hydrogen (secondary N) is 1. The molecule has 1 N–H and O–H groups in total. The fourth-order valence-corrected chi connectivity index (χ4v) is 2.55. The Bertz CT molecular complexity index is 613. The smallest absolute Gasteiger partial charge is 0.231 e. The number of fused-ring (bicyclic) bond motifs is 1. The summed E-state index contributed by atoms with van der Waals surface area (Å²) in [7, 11) is 0. The van der Waals surface area contributed by atoms with E-state index >= 15 is 0 Å². The van der Waals surface area contributed by atoms with Crippen LogP contribution in [0.5, 0.6) is 11.5 Å². The van der Waals surface area contributed by atoms with Crippen molar-refractivity contribution in [1.29, 1.82) is 0 Å². The molecule has 3 rings (SSSR count). The molecule has 0 aromatic heterocycles. The third-order valence-electron chi connectivity index (χ3n) is 3.11. The molecule has 3 nitrogen and oxygen atoms in total. The first kappa shape index (κ1) is 12.4. The molecule has 0 saturated carbocycles. The van der Waals surface area contributed by atoms with Crippen LogP contribution in [0.3, 0.4) is 0 Å². The van der Waals surface area contributed by atoms with E-state index in [0.717, 1.165) is 28.2 Å². The van der Waals surface area contributed by atoms with Crippen LogP contribution in [0.2, 0.25) is 0 Å². The quantitative estimate of drug-likeness (QED) is 0.924. The number of ether oxygens (including phenoxy) is 2. The van der Waals surface area contributed by atoms with E-state index in [2.05, 4.69) is 46.4 Å². The van der Waals surface area contributed by atoms with Crippen LogP contribution in [0, 0.1) is 6.92 Å². The summed E-state index contributed by atoms with van der Waals surface area (Å²) in [6, 6.07) is 12.2. The molecule has 0 bridgehead atoms. The van der Waals surface area contributed by atoms with E-state index in [0.29, 0.717) is 6.79 Å². The molecule has 0 aliphatic carbocycles. The van der Waals surface area contributed by atoms with Crippen LogP contribution in [0.1, 0.15) is 11.1 Å². The second kappa shape index (κ2) is 5.13. The fraction of sp³-hybridized carbons (Fsp3) is 0.200. The van der Waals surface area contributed by atoms with Gasteiger partial charge >= 0.3 is 0 Å². The maximum Gasteiger partial charge on any atom is 0.231 e. The molecule has 4 heteroatoms. The molecular weight excluding hydrogens is 306 g/mol. The van der Waals surface area contributed by atoms with Gasteiger partial charge in [-0.3, -0.25) is 0 Å². The van der Waals surface area contributed by atoms with Gasteiger partial charge in [-0.1, -0.05) is 22.0 Å². The molecule has 1 aliphatic rings. The number of hydrogen-bond acceptors (Lipinski definition) is 3. The fourth-order valence-electron chi connectivity index (χ4n) is 2.07. The molecule has 0 fully saturated rings. The average molecular weight is 320 g/mol. The summed E-state index contributed by atoms with van der Waals surface area (Å²) in [5, 5.41) is 3.43. The summed E-state index contributed by atoms with van der Waals surface area (Å²) in [6.45, 7) is 3.17. The van der Waals surface area contributed by atoms with Crippen molar-refractivity contribution in [3.05, 3.63) is 52.0 Å². The molecule has 2 aromatic carbocycles. The minimum absolute atomic E-state index is 0.317. The molecule has 0 atom stereocenters. The predicted molar refractivity (Wildman–Crippen MR) is 78.8 cm³/mol. The molecule has 0 amide bonds. The Kier molecular flexibility index (Phi) is 3.34. The third-order valence-corrected chi connectivity index (χ3v) is 3.60. The van der Waals surface area contributed by atoms with Gasteiger partial charge in [-0.2, -0.15) is 0 Å². The summed E-state index contributed by atoms with van der Waals surface area (Å²) in [4.78, 5) is 0. The highest BCUT2D eigenvalue weighted by Crippen LogP contribution is 2.32. The third kappa shape index (κ3) is 2.68. The van der Waals surface area contributed by atoms with E-state index in [-0.39, 0.29) is 0 Å². The zero-order chi connectivity index (χ0) is 13.2. The molecule has 0 spiro atoms. The van der Waals surface area contributed by atoms with Crippen molar-refractivity contribution in [2.75, 3.05) is 12.1 Å². The van der Waals surface area contributed by atoms with Gasteiger partial charge in [-0.05, 0) is 48.4 Å². The van der Waals surface area contributed by atoms with Crippen molar-refractivity contribution in [3.63, 3.8) is 0 Å². The minimum Gasteiger partial charge on any atom is -0.454 e. The van der Waals surface area contributed by atoms with Gasteiger partial charge in [0.2, 0.25) is 6.79 Å². The molecule has 1 aliphatic heterocycles. The maximum absolute atomic E-state index is 5.37. The predicted octanol–water partition coefficient (Wildman–Crippen LogP) is 4.10. The van der Waals surface area contributed by atoms with E-state index in [1.807, 2.05) is 18.2 Å². The largest absolute Gasteiger partial charge is 0.454 e. The van der Waals surface area contributed by atoms with E-state index in [1.165, 1.54) is 11.1 Å². The maximum atomic E-state index is 5.37. The number of aryl methyl sites for hydroxylation is 1. The SMILES string of the molecule is Cc1cc(Br)ccc1NCc1ccc2c(c1)OCO2. The monoisotopic (exact) mass is 319 g/mol. The van der Waals surface area contributed by atoms with Gasteiger partial charge in [0.15, 0.2) is 11.5 Å². The molecule has 98 valence electrons. The number of rotatable bonds is 3. The van der Waals surface area contributed by atoms with Gasteiger partial charge in [-0.25, -0.2) is 0 Å². The van der Waals surface area contributed by atoms with Gasteiger partial charge in [0.1, 0.15) is 0 Å². The lowest BCUT2D eigenvalue weighted by Crippen LogP contribution is -2.00. The van der Waals surface area contributed by atoms with Gasteiger partial charge in [-0.15, -0.1) is 0 Å². The highest BCUT2D eigenvalue weighted by atomic mass is 79.9. The summed E-state index contributed by atoms with van der Waals surface area (Å²) in [5.74, 6) is 1.65. The van der Waals surface area contributed by atoms with E-state index in [9.17, 15) is 0 Å². The van der Waals surface area contributed by atoms with Crippen molar-refractivity contribution in [2.24, 2.45) is 0 Å². The van der Waals surface area contributed by atoms with Gasteiger partial charge in [0.25, 0.3) is 0 Å². The summed E-state index contributed by atoms with van der Waals surface area (Å²) >= 11 is 3.47. The first-order valence-corrected chi connectivity index (χ1v) is 6.90. The van der Waals surface area contributed by atoms with Crippen LogP contribution < -0.4 is 14.8 Å². The van der Waals surface area contributed by atoms with Crippen molar-refractivity contribution >= 4 is 21.6 Å². The Balaban J connectivity index is 1.72. The number of anilines is 1. The van der Waals surface area contributed by atoms with Crippen LogP contribution >= 0.6 is 15.9 Å². The zero-order valence-electron chi connectivity index (χ0n) is 10.6. The average Bonchev–Trinajstić information content (AvgIpc) is 2.85. The van der Waals surface area contributed by atoms with Crippen LogP contribution in [-0.4, -0.2) is 6.79 Å². The highest BCUT2D eigenvalue weighted by Gasteiger charge is 2.12. The molecule has 0 saturated heterocycles. The Hall–Kier alpha value is -1.68. The van der Waals surface area contributed by atoms with Crippen molar-refractivity contribution in [1.82, 2.24) is 0 Å². The molecule has 1 heterocycles. The summed E-state index contributed by atoms with van der Waals surface area (Å²) in [5.41, 5.74) is 3.53. The van der Waals surface area contributed by atoms with Crippen LogP contribution in [0.4, 0.5) is 5.69 Å². The minimum atomic E-state index is 0.317. The standard InChI is InChI=1S/C15H14BrNO2/c1-10-6-12(16)3-4-13(10)17-8-11-2-5-14-15(7-11)19-9-18-14/h2-7,17H,8-9H2,1H3. The molecule has 2 aromatic rings. The van der Waals surface area contributed by atoms with Gasteiger partial charge in [0, 0.05) is 16.7 Å². The van der Waals surface area contributed by atoms with Crippen LogP contribution in [0.25, 0.3) is 0 Å². The number of benzene rings is 2. The lowest BCUT2D eigenvalue weighted by atomic mass is 10.1. The first-order chi connectivity index (χ1) is 9.22. The van der Waals surface area contributed by atoms with Gasteiger partial charge < -0.3 is 14.8 Å². The van der Waals surface area contributed by atoms with Gasteiger partial charge in [0.05, 0.1) is 0 Å². The Morgan fingerprint density at radius 1 is 1.11 bits per heavy atom. The van der Waals surface area contributed by atoms with Crippen LogP contribution in [0.15, 0.2) is 40.9 Å². The van der Waals surface area contributed by atoms with E-state index in [4.69, 9.17) is 9.47 Å². The normalized spacial score (nSPS) is 12.5. The molecule has 0 radical (unpaired) electrons. The summed E-state index contributed by atoms with van der Waals surface area (Å²) < 4.78 is 11.8. The van der Waals surface area contributed by atoms with Crippen LogP contribution in [-0.2, 0) is 6.54 Å². The topological polar surface area (TPSA) is 30.5 Å². The van der Waals surface area contributed by atoms with E-state index in [1.54, 1.807) is 0 Å². The lowest BCUT2D eigenvalue weighted by Gasteiger charge is -2.10. The Labute approximate surface area is 120 Å². The lowest BCUT2D eigenvalue weighted by molar-refractivity contribution is 0.174. The highest BCUT2D eigenvalue weighted by molar-refractivity contribution is 9.10. The second-order valence-corrected chi connectivity index (χ2v) is 5.42. The second-order valence-electron chi connectivity index (χ2n) is 4.50. The number of halogens is 1. The summed E-state index contributed by atoms with van der Waals surface area (Å²) in [6.07, 6.45) is 0. The van der Waals surface area contributed by atoms with E-state index < -0.39 is 0 Å². The Morgan fingerprint density at radius 3 is 2.79 bits per heavy atom. The molecular formula is C15H14BrNO2. The first-order valence-electron chi connectivity index (χ1n) is 6.11. The van der Waals surface area contributed by atoms with Crippen molar-refractivity contribution in [2.45, 2.75) is 13.5 Å². The Morgan fingerprint density at radius 2 is 1.95 bits per heavy atom. The van der Waals surface area contributed by atoms with Crippen molar-refractivity contribution in [3.8, 4) is 11.5 Å². The van der Waals surface area contributed by atoms with Crippen molar-refractivity contribution < 1.29 is 9.47 Å². The zero-order valence-corrected chi connectivity index (χ0v) is 12.2.